The van der Waals surface area contributed by atoms with E-state index in [1.165, 1.54) is 38.1 Å². The van der Waals surface area contributed by atoms with Gasteiger partial charge in [0.1, 0.15) is 11.5 Å². The standard InChI is InChI=1S/C22H22O8/c1-15(23)29-21(25)17-5-9-19(10-6-17)27-13-3-4-14-28-20-11-7-18(8-12-20)22(26)30-16(2)24/h5-12H,3-4,13-14H2,1-2H3. The van der Waals surface area contributed by atoms with E-state index in [1.807, 2.05) is 0 Å². The highest BCUT2D eigenvalue weighted by Gasteiger charge is 2.10. The van der Waals surface area contributed by atoms with Gasteiger partial charge in [-0.25, -0.2) is 9.59 Å². The quantitative estimate of drug-likeness (QED) is 0.350. The predicted molar refractivity (Wildman–Crippen MR) is 105 cm³/mol. The molecule has 2 aromatic rings. The van der Waals surface area contributed by atoms with Gasteiger partial charge >= 0.3 is 23.9 Å². The van der Waals surface area contributed by atoms with Crippen molar-refractivity contribution in [1.82, 2.24) is 0 Å². The van der Waals surface area contributed by atoms with Crippen LogP contribution >= 0.6 is 0 Å². The van der Waals surface area contributed by atoms with Gasteiger partial charge in [0.15, 0.2) is 0 Å². The van der Waals surface area contributed by atoms with Gasteiger partial charge in [0.25, 0.3) is 0 Å². The minimum Gasteiger partial charge on any atom is -0.494 e. The smallest absolute Gasteiger partial charge is 0.345 e. The number of carbonyl (C=O) groups excluding carboxylic acids is 4. The second kappa shape index (κ2) is 11.4. The van der Waals surface area contributed by atoms with E-state index in [9.17, 15) is 19.2 Å². The summed E-state index contributed by atoms with van der Waals surface area (Å²) in [6.07, 6.45) is 1.49. The van der Waals surface area contributed by atoms with E-state index in [0.717, 1.165) is 12.8 Å². The Morgan fingerprint density at radius 3 is 1.23 bits per heavy atom. The molecule has 158 valence electrons. The molecule has 0 bridgehead atoms. The fourth-order valence-electron chi connectivity index (χ4n) is 2.34. The normalized spacial score (nSPS) is 10.1. The van der Waals surface area contributed by atoms with Crippen LogP contribution in [0.1, 0.15) is 47.4 Å². The number of hydrogen-bond acceptors (Lipinski definition) is 8. The van der Waals surface area contributed by atoms with Gasteiger partial charge in [-0.1, -0.05) is 0 Å². The highest BCUT2D eigenvalue weighted by molar-refractivity contribution is 5.96. The fraction of sp³-hybridized carbons (Fsp3) is 0.273. The molecular weight excluding hydrogens is 392 g/mol. The number of rotatable bonds is 9. The lowest BCUT2D eigenvalue weighted by atomic mass is 10.2. The molecular formula is C22H22O8. The fourth-order valence-corrected chi connectivity index (χ4v) is 2.34. The van der Waals surface area contributed by atoms with E-state index in [0.29, 0.717) is 24.7 Å². The van der Waals surface area contributed by atoms with Crippen molar-refractivity contribution in [2.45, 2.75) is 26.7 Å². The van der Waals surface area contributed by atoms with Gasteiger partial charge in [-0.2, -0.15) is 0 Å². The molecule has 0 fully saturated rings. The van der Waals surface area contributed by atoms with E-state index in [-0.39, 0.29) is 11.1 Å². The summed E-state index contributed by atoms with van der Waals surface area (Å²) in [5.74, 6) is -1.51. The Hall–Kier alpha value is -3.68. The maximum Gasteiger partial charge on any atom is 0.345 e. The molecule has 0 atom stereocenters. The monoisotopic (exact) mass is 414 g/mol. The van der Waals surface area contributed by atoms with Gasteiger partial charge in [0.05, 0.1) is 24.3 Å². The van der Waals surface area contributed by atoms with E-state index in [4.69, 9.17) is 9.47 Å². The molecule has 0 saturated heterocycles. The second-order valence-corrected chi connectivity index (χ2v) is 6.21. The molecule has 8 nitrogen and oxygen atoms in total. The van der Waals surface area contributed by atoms with Crippen molar-refractivity contribution in [2.24, 2.45) is 0 Å². The van der Waals surface area contributed by atoms with Crippen LogP contribution in [-0.4, -0.2) is 37.1 Å². The van der Waals surface area contributed by atoms with Crippen LogP contribution < -0.4 is 9.47 Å². The molecule has 0 N–H and O–H groups in total. The topological polar surface area (TPSA) is 105 Å². The molecule has 0 heterocycles. The minimum atomic E-state index is -0.699. The molecule has 8 heteroatoms. The van der Waals surface area contributed by atoms with Crippen LogP contribution in [0, 0.1) is 0 Å². The van der Waals surface area contributed by atoms with Crippen molar-refractivity contribution in [2.75, 3.05) is 13.2 Å². The molecule has 30 heavy (non-hydrogen) atoms. The number of carbonyl (C=O) groups is 4. The molecule has 0 amide bonds. The van der Waals surface area contributed by atoms with Gasteiger partial charge in [0, 0.05) is 13.8 Å². The van der Waals surface area contributed by atoms with Crippen LogP contribution in [0.4, 0.5) is 0 Å². The lowest BCUT2D eigenvalue weighted by molar-refractivity contribution is -0.136. The third kappa shape index (κ3) is 7.75. The highest BCUT2D eigenvalue weighted by Crippen LogP contribution is 2.15. The summed E-state index contributed by atoms with van der Waals surface area (Å²) in [7, 11) is 0. The van der Waals surface area contributed by atoms with Crippen molar-refractivity contribution >= 4 is 23.9 Å². The Morgan fingerprint density at radius 2 is 0.933 bits per heavy atom. The van der Waals surface area contributed by atoms with Crippen LogP contribution in [0.5, 0.6) is 11.5 Å². The van der Waals surface area contributed by atoms with Crippen molar-refractivity contribution < 1.29 is 38.1 Å². The summed E-state index contributed by atoms with van der Waals surface area (Å²) >= 11 is 0. The predicted octanol–water partition coefficient (Wildman–Crippen LogP) is 3.33. The van der Waals surface area contributed by atoms with Gasteiger partial charge in [-0.05, 0) is 61.4 Å². The lowest BCUT2D eigenvalue weighted by Crippen LogP contribution is -2.09. The Morgan fingerprint density at radius 1 is 0.600 bits per heavy atom. The van der Waals surface area contributed by atoms with Crippen LogP contribution in [-0.2, 0) is 19.1 Å². The molecule has 2 aromatic carbocycles. The Labute approximate surface area is 173 Å². The average Bonchev–Trinajstić information content (AvgIpc) is 2.70. The summed E-state index contributed by atoms with van der Waals surface area (Å²) in [5, 5.41) is 0. The maximum absolute atomic E-state index is 11.6. The van der Waals surface area contributed by atoms with Crippen molar-refractivity contribution in [1.29, 1.82) is 0 Å². The summed E-state index contributed by atoms with van der Waals surface area (Å²) in [4.78, 5) is 44.7. The summed E-state index contributed by atoms with van der Waals surface area (Å²) in [6, 6.07) is 12.6. The number of unbranched alkanes of at least 4 members (excludes halogenated alkanes) is 1. The van der Waals surface area contributed by atoms with Crippen LogP contribution in [0.2, 0.25) is 0 Å². The Bertz CT molecular complexity index is 809. The van der Waals surface area contributed by atoms with Crippen molar-refractivity contribution in [3.05, 3.63) is 59.7 Å². The highest BCUT2D eigenvalue weighted by atomic mass is 16.6. The van der Waals surface area contributed by atoms with Crippen molar-refractivity contribution in [3.63, 3.8) is 0 Å². The van der Waals surface area contributed by atoms with Crippen LogP contribution in [0.3, 0.4) is 0 Å². The van der Waals surface area contributed by atoms with Gasteiger partial charge in [0.2, 0.25) is 0 Å². The lowest BCUT2D eigenvalue weighted by Gasteiger charge is -2.08. The van der Waals surface area contributed by atoms with E-state index in [2.05, 4.69) is 9.47 Å². The first-order chi connectivity index (χ1) is 14.3. The molecule has 0 aliphatic rings. The van der Waals surface area contributed by atoms with Gasteiger partial charge < -0.3 is 18.9 Å². The summed E-state index contributed by atoms with van der Waals surface area (Å²) in [5.41, 5.74) is 0.540. The number of benzene rings is 2. The molecule has 0 spiro atoms. The zero-order chi connectivity index (χ0) is 21.9. The molecule has 0 saturated carbocycles. The molecule has 0 aromatic heterocycles. The third-order valence-electron chi connectivity index (χ3n) is 3.73. The Kier molecular flexibility index (Phi) is 8.56. The Balaban J connectivity index is 1.65. The second-order valence-electron chi connectivity index (χ2n) is 6.21. The first kappa shape index (κ1) is 22.6. The van der Waals surface area contributed by atoms with E-state index in [1.54, 1.807) is 24.3 Å². The zero-order valence-corrected chi connectivity index (χ0v) is 16.7. The summed E-state index contributed by atoms with van der Waals surface area (Å²) in [6.45, 7) is 3.27. The van der Waals surface area contributed by atoms with E-state index < -0.39 is 23.9 Å². The summed E-state index contributed by atoms with van der Waals surface area (Å²) < 4.78 is 20.2. The van der Waals surface area contributed by atoms with Crippen LogP contribution in [0.25, 0.3) is 0 Å². The SMILES string of the molecule is CC(=O)OC(=O)c1ccc(OCCCCOc2ccc(C(=O)OC(C)=O)cc2)cc1. The molecule has 0 radical (unpaired) electrons. The molecule has 0 aliphatic carbocycles. The molecule has 0 aliphatic heterocycles. The first-order valence-electron chi connectivity index (χ1n) is 9.26. The van der Waals surface area contributed by atoms with E-state index >= 15 is 0 Å². The number of esters is 4. The largest absolute Gasteiger partial charge is 0.494 e. The van der Waals surface area contributed by atoms with Crippen LogP contribution in [0.15, 0.2) is 48.5 Å². The van der Waals surface area contributed by atoms with Gasteiger partial charge in [-0.3, -0.25) is 9.59 Å². The number of hydrogen-bond donors (Lipinski definition) is 0. The van der Waals surface area contributed by atoms with Crippen molar-refractivity contribution in [3.8, 4) is 11.5 Å². The zero-order valence-electron chi connectivity index (χ0n) is 16.7. The minimum absolute atomic E-state index is 0.270. The molecule has 2 rings (SSSR count). The van der Waals surface area contributed by atoms with Gasteiger partial charge in [-0.15, -0.1) is 0 Å². The third-order valence-corrected chi connectivity index (χ3v) is 3.73. The average molecular weight is 414 g/mol. The first-order valence-corrected chi connectivity index (χ1v) is 9.26. The molecule has 0 unspecified atom stereocenters. The maximum atomic E-state index is 11.6. The number of ether oxygens (including phenoxy) is 4.